The molecule has 1 amide bonds. The summed E-state index contributed by atoms with van der Waals surface area (Å²) in [5, 5.41) is 24.4. The van der Waals surface area contributed by atoms with Crippen molar-refractivity contribution in [3.8, 4) is 0 Å². The van der Waals surface area contributed by atoms with Crippen molar-refractivity contribution in [2.45, 2.75) is 57.5 Å². The fourth-order valence-electron chi connectivity index (χ4n) is 3.43. The van der Waals surface area contributed by atoms with Crippen LogP contribution in [0.1, 0.15) is 33.1 Å². The second-order valence-electron chi connectivity index (χ2n) is 7.51. The molecule has 1 unspecified atom stereocenters. The summed E-state index contributed by atoms with van der Waals surface area (Å²) < 4.78 is 16.1. The van der Waals surface area contributed by atoms with E-state index in [4.69, 9.17) is 14.2 Å². The molecule has 8 heteroatoms. The highest BCUT2D eigenvalue weighted by atomic mass is 16.5. The van der Waals surface area contributed by atoms with E-state index < -0.39 is 18.3 Å². The lowest BCUT2D eigenvalue weighted by molar-refractivity contribution is -0.152. The van der Waals surface area contributed by atoms with Gasteiger partial charge >= 0.3 is 0 Å². The zero-order chi connectivity index (χ0) is 20.2. The van der Waals surface area contributed by atoms with Gasteiger partial charge in [0.15, 0.2) is 0 Å². The summed E-state index contributed by atoms with van der Waals surface area (Å²) in [5.74, 6) is 0.120. The van der Waals surface area contributed by atoms with E-state index in [0.717, 1.165) is 19.4 Å². The van der Waals surface area contributed by atoms with Gasteiger partial charge in [0.05, 0.1) is 12.6 Å². The van der Waals surface area contributed by atoms with Crippen LogP contribution in [0.2, 0.25) is 0 Å². The SMILES string of the molecule is COCC(=O)N1CCNCCCCOC[C@H](O)[C@H](O)[C@@H](OC)C1CC(C)C. The zero-order valence-electron chi connectivity index (χ0n) is 17.2. The summed E-state index contributed by atoms with van der Waals surface area (Å²) in [7, 11) is 2.98. The van der Waals surface area contributed by atoms with Crippen molar-refractivity contribution in [3.05, 3.63) is 0 Å². The Hall–Kier alpha value is -0.770. The first-order chi connectivity index (χ1) is 12.9. The fourth-order valence-corrected chi connectivity index (χ4v) is 3.43. The molecule has 1 aliphatic rings. The van der Waals surface area contributed by atoms with Crippen LogP contribution in [0, 0.1) is 5.92 Å². The number of rotatable bonds is 5. The molecule has 0 spiro atoms. The average Bonchev–Trinajstić information content (AvgIpc) is 2.62. The Morgan fingerprint density at radius 2 is 2.00 bits per heavy atom. The van der Waals surface area contributed by atoms with Crippen LogP contribution in [-0.2, 0) is 19.0 Å². The molecule has 0 bridgehead atoms. The molecular weight excluding hydrogens is 352 g/mol. The van der Waals surface area contributed by atoms with E-state index in [1.807, 2.05) is 0 Å². The van der Waals surface area contributed by atoms with Crippen LogP contribution in [0.3, 0.4) is 0 Å². The lowest BCUT2D eigenvalue weighted by atomic mass is 9.92. The van der Waals surface area contributed by atoms with E-state index in [-0.39, 0.29) is 31.1 Å². The highest BCUT2D eigenvalue weighted by Crippen LogP contribution is 2.22. The van der Waals surface area contributed by atoms with Gasteiger partial charge in [0.1, 0.15) is 24.9 Å². The lowest BCUT2D eigenvalue weighted by Crippen LogP contribution is -2.57. The monoisotopic (exact) mass is 390 g/mol. The maximum absolute atomic E-state index is 12.7. The summed E-state index contributed by atoms with van der Waals surface area (Å²) in [6.07, 6.45) is -0.516. The van der Waals surface area contributed by atoms with E-state index in [9.17, 15) is 15.0 Å². The topological polar surface area (TPSA) is 100 Å². The van der Waals surface area contributed by atoms with Gasteiger partial charge in [0.25, 0.3) is 0 Å². The van der Waals surface area contributed by atoms with Crippen LogP contribution in [0.25, 0.3) is 0 Å². The van der Waals surface area contributed by atoms with Crippen LogP contribution in [-0.4, -0.2) is 99.0 Å². The van der Waals surface area contributed by atoms with Crippen molar-refractivity contribution < 1.29 is 29.2 Å². The van der Waals surface area contributed by atoms with Crippen molar-refractivity contribution in [1.29, 1.82) is 0 Å². The molecule has 4 atom stereocenters. The minimum absolute atomic E-state index is 0.0349. The van der Waals surface area contributed by atoms with Crippen molar-refractivity contribution >= 4 is 5.91 Å². The van der Waals surface area contributed by atoms with Gasteiger partial charge in [-0.15, -0.1) is 0 Å². The summed E-state index contributed by atoms with van der Waals surface area (Å²) >= 11 is 0. The van der Waals surface area contributed by atoms with Gasteiger partial charge in [-0.2, -0.15) is 0 Å². The third kappa shape index (κ3) is 8.41. The number of amides is 1. The molecule has 1 saturated heterocycles. The van der Waals surface area contributed by atoms with Crippen molar-refractivity contribution in [3.63, 3.8) is 0 Å². The summed E-state index contributed by atoms with van der Waals surface area (Å²) in [6, 6.07) is -0.382. The van der Waals surface area contributed by atoms with Crippen molar-refractivity contribution in [2.75, 3.05) is 53.7 Å². The molecule has 0 aromatic rings. The maximum Gasteiger partial charge on any atom is 0.248 e. The number of ether oxygens (including phenoxy) is 3. The first-order valence-electron chi connectivity index (χ1n) is 9.88. The van der Waals surface area contributed by atoms with Gasteiger partial charge in [-0.1, -0.05) is 13.8 Å². The number of aliphatic hydroxyl groups is 2. The predicted molar refractivity (Wildman–Crippen MR) is 103 cm³/mol. The normalized spacial score (nSPS) is 29.5. The van der Waals surface area contributed by atoms with Crippen LogP contribution in [0.5, 0.6) is 0 Å². The van der Waals surface area contributed by atoms with E-state index in [2.05, 4.69) is 19.2 Å². The fraction of sp³-hybridized carbons (Fsp3) is 0.947. The van der Waals surface area contributed by atoms with Crippen LogP contribution >= 0.6 is 0 Å². The molecule has 27 heavy (non-hydrogen) atoms. The number of hydrogen-bond acceptors (Lipinski definition) is 7. The molecule has 0 aromatic carbocycles. The molecule has 3 N–H and O–H groups in total. The first-order valence-corrected chi connectivity index (χ1v) is 9.88. The van der Waals surface area contributed by atoms with Crippen LogP contribution in [0.4, 0.5) is 0 Å². The molecule has 1 heterocycles. The molecule has 0 aromatic heterocycles. The van der Waals surface area contributed by atoms with Crippen molar-refractivity contribution in [2.24, 2.45) is 5.92 Å². The average molecular weight is 391 g/mol. The van der Waals surface area contributed by atoms with Gasteiger partial charge < -0.3 is 34.6 Å². The number of aliphatic hydroxyl groups excluding tert-OH is 2. The first kappa shape index (κ1) is 24.3. The zero-order valence-corrected chi connectivity index (χ0v) is 17.2. The molecule has 8 nitrogen and oxygen atoms in total. The minimum atomic E-state index is -1.16. The molecule has 0 saturated carbocycles. The largest absolute Gasteiger partial charge is 0.388 e. The molecule has 0 aliphatic carbocycles. The van der Waals surface area contributed by atoms with Crippen molar-refractivity contribution in [1.82, 2.24) is 10.2 Å². The Kier molecular flexibility index (Phi) is 12.1. The van der Waals surface area contributed by atoms with E-state index in [0.29, 0.717) is 26.1 Å². The second kappa shape index (κ2) is 13.4. The molecule has 1 fully saturated rings. The van der Waals surface area contributed by atoms with E-state index >= 15 is 0 Å². The number of methoxy groups -OCH3 is 2. The smallest absolute Gasteiger partial charge is 0.248 e. The number of hydrogen-bond donors (Lipinski definition) is 3. The quantitative estimate of drug-likeness (QED) is 0.608. The van der Waals surface area contributed by atoms with Gasteiger partial charge in [0.2, 0.25) is 5.91 Å². The van der Waals surface area contributed by atoms with Gasteiger partial charge in [-0.25, -0.2) is 0 Å². The Bertz CT molecular complexity index is 410. The molecular formula is C19H38N2O6. The number of nitrogens with one attached hydrogen (secondary N) is 1. The molecule has 0 radical (unpaired) electrons. The van der Waals surface area contributed by atoms with Gasteiger partial charge in [0, 0.05) is 33.9 Å². The Labute approximate surface area is 163 Å². The lowest BCUT2D eigenvalue weighted by Gasteiger charge is -2.40. The Morgan fingerprint density at radius 3 is 2.63 bits per heavy atom. The highest BCUT2D eigenvalue weighted by Gasteiger charge is 2.38. The third-order valence-electron chi connectivity index (χ3n) is 4.79. The summed E-state index contributed by atoms with van der Waals surface area (Å²) in [5.41, 5.74) is 0. The highest BCUT2D eigenvalue weighted by molar-refractivity contribution is 5.77. The standard InChI is InChI=1S/C19H38N2O6/c1-14(2)11-15-19(26-4)18(24)16(22)12-27-10-6-5-7-20-8-9-21(15)17(23)13-25-3/h14-16,18-20,22,24H,5-13H2,1-4H3/t15?,16-,18-,19-/m0/s1. The van der Waals surface area contributed by atoms with E-state index in [1.54, 1.807) is 4.90 Å². The summed E-state index contributed by atoms with van der Waals surface area (Å²) in [6.45, 7) is 6.61. The minimum Gasteiger partial charge on any atom is -0.388 e. The van der Waals surface area contributed by atoms with Gasteiger partial charge in [-0.3, -0.25) is 4.79 Å². The van der Waals surface area contributed by atoms with Gasteiger partial charge in [-0.05, 0) is 31.7 Å². The van der Waals surface area contributed by atoms with Crippen LogP contribution in [0.15, 0.2) is 0 Å². The maximum atomic E-state index is 12.7. The Morgan fingerprint density at radius 1 is 1.26 bits per heavy atom. The number of carbonyl (C=O) groups excluding carboxylic acids is 1. The molecule has 160 valence electrons. The molecule has 1 aliphatic heterocycles. The number of carbonyl (C=O) groups is 1. The summed E-state index contributed by atoms with van der Waals surface area (Å²) in [4.78, 5) is 14.4. The third-order valence-corrected chi connectivity index (χ3v) is 4.79. The second-order valence-corrected chi connectivity index (χ2v) is 7.51. The Balaban J connectivity index is 3.11. The number of nitrogens with zero attached hydrogens (tertiary/aromatic N) is 1. The molecule has 1 rings (SSSR count). The van der Waals surface area contributed by atoms with E-state index in [1.165, 1.54) is 14.2 Å². The predicted octanol–water partition coefficient (Wildman–Crippen LogP) is 0.0129. The van der Waals surface area contributed by atoms with Crippen LogP contribution < -0.4 is 5.32 Å².